The molecule has 2 aliphatic heterocycles. The molecular formula is C31H34ClN5O2. The molecule has 1 fully saturated rings. The zero-order valence-electron chi connectivity index (χ0n) is 22.5. The predicted octanol–water partition coefficient (Wildman–Crippen LogP) is 5.66. The Kier molecular flexibility index (Phi) is 7.67. The number of fused-ring (bicyclic) bond motifs is 3. The fourth-order valence-corrected chi connectivity index (χ4v) is 6.07. The third-order valence-electron chi connectivity index (χ3n) is 7.73. The lowest BCUT2D eigenvalue weighted by Crippen LogP contribution is -2.53. The van der Waals surface area contributed by atoms with E-state index >= 15 is 0 Å². The first-order chi connectivity index (χ1) is 18.8. The van der Waals surface area contributed by atoms with Gasteiger partial charge >= 0.3 is 6.03 Å². The van der Waals surface area contributed by atoms with Gasteiger partial charge in [0, 0.05) is 59.9 Å². The zero-order valence-corrected chi connectivity index (χ0v) is 23.3. The number of piperidine rings is 1. The molecule has 3 aromatic rings. The van der Waals surface area contributed by atoms with Crippen LogP contribution in [0.1, 0.15) is 50.8 Å². The number of nitrogens with zero attached hydrogens (tertiary/aromatic N) is 4. The van der Waals surface area contributed by atoms with E-state index in [1.54, 1.807) is 18.5 Å². The van der Waals surface area contributed by atoms with Crippen LogP contribution in [-0.2, 0) is 23.3 Å². The number of carbonyl (C=O) groups is 2. The Labute approximate surface area is 234 Å². The van der Waals surface area contributed by atoms with Gasteiger partial charge in [-0.1, -0.05) is 30.0 Å². The molecule has 0 bridgehead atoms. The lowest BCUT2D eigenvalue weighted by atomic mass is 9.74. The summed E-state index contributed by atoms with van der Waals surface area (Å²) in [5.41, 5.74) is 3.35. The fourth-order valence-electron chi connectivity index (χ4n) is 5.88. The highest BCUT2D eigenvalue weighted by Gasteiger charge is 2.52. The summed E-state index contributed by atoms with van der Waals surface area (Å²) in [4.78, 5) is 34.9. The number of amides is 3. The molecular weight excluding hydrogens is 510 g/mol. The summed E-state index contributed by atoms with van der Waals surface area (Å²) in [5, 5.41) is 4.70. The number of aromatic nitrogens is 2. The minimum Gasteiger partial charge on any atom is -0.343 e. The van der Waals surface area contributed by atoms with Crippen molar-refractivity contribution in [3.63, 3.8) is 0 Å². The van der Waals surface area contributed by atoms with Gasteiger partial charge in [0.25, 0.3) is 0 Å². The molecule has 0 atom stereocenters. The smallest absolute Gasteiger partial charge is 0.317 e. The lowest BCUT2D eigenvalue weighted by molar-refractivity contribution is -0.124. The van der Waals surface area contributed by atoms with Crippen LogP contribution in [0.5, 0.6) is 0 Å². The average Bonchev–Trinajstić information content (AvgIpc) is 3.36. The highest BCUT2D eigenvalue weighted by Crippen LogP contribution is 2.48. The van der Waals surface area contributed by atoms with E-state index in [4.69, 9.17) is 11.6 Å². The van der Waals surface area contributed by atoms with Crippen LogP contribution in [0.25, 0.3) is 10.9 Å². The van der Waals surface area contributed by atoms with Crippen LogP contribution in [0.2, 0.25) is 5.02 Å². The van der Waals surface area contributed by atoms with Crippen molar-refractivity contribution >= 4 is 40.1 Å². The molecule has 3 amide bonds. The minimum atomic E-state index is -0.646. The van der Waals surface area contributed by atoms with Crippen molar-refractivity contribution < 1.29 is 9.59 Å². The first-order valence-electron chi connectivity index (χ1n) is 13.5. The van der Waals surface area contributed by atoms with Crippen molar-refractivity contribution in [3.8, 4) is 11.8 Å². The predicted molar refractivity (Wildman–Crippen MR) is 156 cm³/mol. The van der Waals surface area contributed by atoms with Gasteiger partial charge in [0.2, 0.25) is 5.91 Å². The molecule has 1 spiro atoms. The van der Waals surface area contributed by atoms with Crippen LogP contribution in [0.15, 0.2) is 55.4 Å². The van der Waals surface area contributed by atoms with Gasteiger partial charge in [-0.25, -0.2) is 4.79 Å². The van der Waals surface area contributed by atoms with E-state index in [9.17, 15) is 9.59 Å². The zero-order chi connectivity index (χ0) is 27.6. The van der Waals surface area contributed by atoms with Crippen LogP contribution in [0, 0.1) is 11.8 Å². The number of urea groups is 1. The normalized spacial score (nSPS) is 15.9. The standard InChI is InChI=1S/C31H34ClN5O2/c1-4-5-6-7-8-15-36-25(19-23-18-24(32)9-10-27(23)36)21-37-28-20-33-14-11-26(28)31(29(37)38)12-16-35(17-13-31)30(39)34-22(2)3/h4,9-11,14,18-20,22H,1,7-8,12-13,15-17,21H2,2-3H3,(H,34,39). The molecule has 0 radical (unpaired) electrons. The summed E-state index contributed by atoms with van der Waals surface area (Å²) < 4.78 is 2.27. The number of hydrogen-bond acceptors (Lipinski definition) is 3. The van der Waals surface area contributed by atoms with Crippen molar-refractivity contribution in [1.82, 2.24) is 19.8 Å². The van der Waals surface area contributed by atoms with E-state index in [1.807, 2.05) is 47.9 Å². The number of nitrogens with one attached hydrogen (secondary N) is 1. The molecule has 8 heteroatoms. The molecule has 1 aromatic carbocycles. The Balaban J connectivity index is 1.44. The number of carbonyl (C=O) groups excluding carboxylic acids is 2. The number of halogens is 1. The van der Waals surface area contributed by atoms with Gasteiger partial charge in [-0.15, -0.1) is 0 Å². The summed E-state index contributed by atoms with van der Waals surface area (Å²) in [6.45, 7) is 9.83. The van der Waals surface area contributed by atoms with Gasteiger partial charge in [-0.05, 0) is 75.1 Å². The third kappa shape index (κ3) is 5.14. The SMILES string of the molecule is C=CC#CCCCn1c(CN2C(=O)C3(CCN(C(=O)NC(C)C)CC3)c3ccncc32)cc2cc(Cl)ccc21. The Morgan fingerprint density at radius 2 is 2.05 bits per heavy atom. The molecule has 2 aliphatic rings. The summed E-state index contributed by atoms with van der Waals surface area (Å²) in [6, 6.07) is 10.0. The van der Waals surface area contributed by atoms with Gasteiger partial charge < -0.3 is 19.7 Å². The summed E-state index contributed by atoms with van der Waals surface area (Å²) in [5.74, 6) is 6.12. The van der Waals surface area contributed by atoms with Crippen molar-refractivity contribution in [2.45, 2.75) is 64.1 Å². The molecule has 2 aromatic heterocycles. The van der Waals surface area contributed by atoms with E-state index in [0.29, 0.717) is 37.5 Å². The largest absolute Gasteiger partial charge is 0.343 e. The van der Waals surface area contributed by atoms with Gasteiger partial charge in [0.1, 0.15) is 0 Å². The van der Waals surface area contributed by atoms with Gasteiger partial charge in [0.15, 0.2) is 0 Å². The molecule has 202 valence electrons. The van der Waals surface area contributed by atoms with Crippen LogP contribution in [0.3, 0.4) is 0 Å². The number of anilines is 1. The molecule has 1 N–H and O–H groups in total. The molecule has 1 saturated heterocycles. The monoisotopic (exact) mass is 543 g/mol. The second-order valence-corrected chi connectivity index (χ2v) is 11.0. The number of pyridine rings is 1. The van der Waals surface area contributed by atoms with Crippen LogP contribution >= 0.6 is 11.6 Å². The number of aryl methyl sites for hydroxylation is 1. The Hall–Kier alpha value is -3.76. The maximum absolute atomic E-state index is 14.2. The van der Waals surface area contributed by atoms with Crippen molar-refractivity contribution in [1.29, 1.82) is 0 Å². The molecule has 0 aliphatic carbocycles. The molecule has 0 saturated carbocycles. The van der Waals surface area contributed by atoms with Gasteiger partial charge in [-0.2, -0.15) is 0 Å². The number of hydrogen-bond donors (Lipinski definition) is 1. The van der Waals surface area contributed by atoms with Crippen LogP contribution in [-0.4, -0.2) is 45.5 Å². The number of benzene rings is 1. The highest BCUT2D eigenvalue weighted by atomic mass is 35.5. The maximum atomic E-state index is 14.2. The molecule has 0 unspecified atom stereocenters. The number of unbranched alkanes of at least 4 members (excludes halogenated alkanes) is 1. The molecule has 39 heavy (non-hydrogen) atoms. The van der Waals surface area contributed by atoms with E-state index in [0.717, 1.165) is 47.2 Å². The first kappa shape index (κ1) is 26.8. The lowest BCUT2D eigenvalue weighted by Gasteiger charge is -2.38. The van der Waals surface area contributed by atoms with E-state index in [2.05, 4.69) is 39.4 Å². The Morgan fingerprint density at radius 3 is 2.79 bits per heavy atom. The topological polar surface area (TPSA) is 70.5 Å². The van der Waals surface area contributed by atoms with Crippen molar-refractivity contribution in [2.75, 3.05) is 18.0 Å². The Bertz CT molecular complexity index is 1470. The highest BCUT2D eigenvalue weighted by molar-refractivity contribution is 6.31. The first-order valence-corrected chi connectivity index (χ1v) is 13.9. The quantitative estimate of drug-likeness (QED) is 0.322. The third-order valence-corrected chi connectivity index (χ3v) is 7.97. The van der Waals surface area contributed by atoms with E-state index < -0.39 is 5.41 Å². The van der Waals surface area contributed by atoms with Crippen molar-refractivity contribution in [3.05, 3.63) is 71.7 Å². The minimum absolute atomic E-state index is 0.0689. The average molecular weight is 544 g/mol. The molecule has 7 nitrogen and oxygen atoms in total. The summed E-state index contributed by atoms with van der Waals surface area (Å²) in [7, 11) is 0. The van der Waals surface area contributed by atoms with Crippen LogP contribution in [0.4, 0.5) is 10.5 Å². The molecule has 5 rings (SSSR count). The second kappa shape index (κ2) is 11.2. The Morgan fingerprint density at radius 1 is 1.26 bits per heavy atom. The second-order valence-electron chi connectivity index (χ2n) is 10.6. The van der Waals surface area contributed by atoms with Gasteiger partial charge in [0.05, 0.1) is 23.8 Å². The summed E-state index contributed by atoms with van der Waals surface area (Å²) in [6.07, 6.45) is 7.99. The van der Waals surface area contributed by atoms with Crippen molar-refractivity contribution in [2.24, 2.45) is 0 Å². The summed E-state index contributed by atoms with van der Waals surface area (Å²) >= 11 is 6.32. The van der Waals surface area contributed by atoms with Crippen LogP contribution < -0.4 is 10.2 Å². The van der Waals surface area contributed by atoms with E-state index in [-0.39, 0.29) is 18.0 Å². The molecule has 4 heterocycles. The number of allylic oxidation sites excluding steroid dienone is 1. The number of rotatable bonds is 6. The van der Waals surface area contributed by atoms with E-state index in [1.165, 1.54) is 0 Å². The number of likely N-dealkylation sites (tertiary alicyclic amines) is 1. The van der Waals surface area contributed by atoms with Gasteiger partial charge in [-0.3, -0.25) is 9.78 Å². The fraction of sp³-hybridized carbons (Fsp3) is 0.387. The maximum Gasteiger partial charge on any atom is 0.317 e.